The molecular formula is C17H25N3O3. The minimum absolute atomic E-state index is 0.00198. The lowest BCUT2D eigenvalue weighted by Crippen LogP contribution is -2.28. The average Bonchev–Trinajstić information content (AvgIpc) is 2.85. The Bertz CT molecular complexity index is 557. The highest BCUT2D eigenvalue weighted by Gasteiger charge is 2.32. The summed E-state index contributed by atoms with van der Waals surface area (Å²) in [5.74, 6) is -0.368. The standard InChI is InChI=1S/C17H25N3O3/c1-19(2)16(22)9-14-10-20(11-15(14)21)8-7-12-3-5-13(6-4-12)17(18)23/h3-6,14-15,21H,7-11H2,1-2H3,(H2,18,23)/t14-,15-/m1/s1. The van der Waals surface area contributed by atoms with E-state index in [2.05, 4.69) is 4.90 Å². The van der Waals surface area contributed by atoms with E-state index in [1.807, 2.05) is 12.1 Å². The number of rotatable bonds is 6. The maximum Gasteiger partial charge on any atom is 0.248 e. The second-order valence-corrected chi connectivity index (χ2v) is 6.39. The number of carbonyl (C=O) groups is 2. The average molecular weight is 319 g/mol. The number of β-amino-alcohol motifs (C(OH)–C–C–N with tert-alkyl or cyclic N) is 1. The van der Waals surface area contributed by atoms with Crippen LogP contribution in [-0.4, -0.2) is 66.6 Å². The molecule has 2 atom stereocenters. The number of benzene rings is 1. The van der Waals surface area contributed by atoms with Crippen molar-refractivity contribution in [1.82, 2.24) is 9.80 Å². The number of hydrogen-bond donors (Lipinski definition) is 2. The molecule has 23 heavy (non-hydrogen) atoms. The van der Waals surface area contributed by atoms with Gasteiger partial charge < -0.3 is 20.6 Å². The van der Waals surface area contributed by atoms with Gasteiger partial charge in [0.1, 0.15) is 0 Å². The molecule has 6 nitrogen and oxygen atoms in total. The van der Waals surface area contributed by atoms with Gasteiger partial charge in [0, 0.05) is 51.6 Å². The Balaban J connectivity index is 1.82. The van der Waals surface area contributed by atoms with E-state index >= 15 is 0 Å². The highest BCUT2D eigenvalue weighted by atomic mass is 16.3. The van der Waals surface area contributed by atoms with E-state index in [0.717, 1.165) is 25.1 Å². The molecule has 0 unspecified atom stereocenters. The molecule has 0 spiro atoms. The Morgan fingerprint density at radius 1 is 1.26 bits per heavy atom. The number of nitrogens with two attached hydrogens (primary N) is 1. The third-order valence-electron chi connectivity index (χ3n) is 4.37. The van der Waals surface area contributed by atoms with Gasteiger partial charge in [0.2, 0.25) is 11.8 Å². The number of likely N-dealkylation sites (tertiary alicyclic amines) is 1. The fourth-order valence-electron chi connectivity index (χ4n) is 2.85. The van der Waals surface area contributed by atoms with Crippen molar-refractivity contribution in [3.8, 4) is 0 Å². The summed E-state index contributed by atoms with van der Waals surface area (Å²) in [5.41, 5.74) is 6.85. The molecule has 1 heterocycles. The van der Waals surface area contributed by atoms with E-state index in [1.165, 1.54) is 0 Å². The number of carbonyl (C=O) groups excluding carboxylic acids is 2. The van der Waals surface area contributed by atoms with Crippen LogP contribution in [-0.2, 0) is 11.2 Å². The number of hydrogen-bond acceptors (Lipinski definition) is 4. The highest BCUT2D eigenvalue weighted by Crippen LogP contribution is 2.21. The van der Waals surface area contributed by atoms with Crippen molar-refractivity contribution >= 4 is 11.8 Å². The normalized spacial score (nSPS) is 21.3. The smallest absolute Gasteiger partial charge is 0.248 e. The predicted octanol–water partition coefficient (Wildman–Crippen LogP) is 0.0990. The topological polar surface area (TPSA) is 86.9 Å². The molecule has 1 saturated heterocycles. The molecule has 0 saturated carbocycles. The summed E-state index contributed by atoms with van der Waals surface area (Å²) >= 11 is 0. The van der Waals surface area contributed by atoms with Gasteiger partial charge in [0.15, 0.2) is 0 Å². The van der Waals surface area contributed by atoms with Crippen molar-refractivity contribution in [1.29, 1.82) is 0 Å². The van der Waals surface area contributed by atoms with Crippen molar-refractivity contribution in [3.63, 3.8) is 0 Å². The Hall–Kier alpha value is -1.92. The molecule has 3 N–H and O–H groups in total. The first kappa shape index (κ1) is 17.4. The van der Waals surface area contributed by atoms with Gasteiger partial charge in [-0.2, -0.15) is 0 Å². The minimum Gasteiger partial charge on any atom is -0.391 e. The number of aliphatic hydroxyl groups excluding tert-OH is 1. The molecule has 126 valence electrons. The third-order valence-corrected chi connectivity index (χ3v) is 4.37. The molecule has 1 fully saturated rings. The number of amides is 2. The fourth-order valence-corrected chi connectivity index (χ4v) is 2.85. The molecule has 2 rings (SSSR count). The first-order chi connectivity index (χ1) is 10.9. The van der Waals surface area contributed by atoms with Crippen molar-refractivity contribution in [2.24, 2.45) is 11.7 Å². The molecule has 1 aromatic carbocycles. The molecular weight excluding hydrogens is 294 g/mol. The SMILES string of the molecule is CN(C)C(=O)C[C@@H]1CN(CCc2ccc(C(N)=O)cc2)C[C@H]1O. The van der Waals surface area contributed by atoms with Crippen LogP contribution in [0, 0.1) is 5.92 Å². The third kappa shape index (κ3) is 4.77. The summed E-state index contributed by atoms with van der Waals surface area (Å²) < 4.78 is 0. The number of nitrogens with zero attached hydrogens (tertiary/aromatic N) is 2. The maximum atomic E-state index is 11.8. The monoisotopic (exact) mass is 319 g/mol. The zero-order valence-electron chi connectivity index (χ0n) is 13.7. The first-order valence-corrected chi connectivity index (χ1v) is 7.86. The highest BCUT2D eigenvalue weighted by molar-refractivity contribution is 5.92. The predicted molar refractivity (Wildman–Crippen MR) is 87.9 cm³/mol. The van der Waals surface area contributed by atoms with Gasteiger partial charge in [-0.1, -0.05) is 12.1 Å². The summed E-state index contributed by atoms with van der Waals surface area (Å²) in [4.78, 5) is 26.6. The summed E-state index contributed by atoms with van der Waals surface area (Å²) in [6.45, 7) is 2.16. The summed E-state index contributed by atoms with van der Waals surface area (Å²) in [6.07, 6.45) is 0.772. The van der Waals surface area contributed by atoms with E-state index in [-0.39, 0.29) is 11.8 Å². The van der Waals surface area contributed by atoms with Crippen LogP contribution in [0.2, 0.25) is 0 Å². The van der Waals surface area contributed by atoms with Crippen LogP contribution in [0.4, 0.5) is 0 Å². The van der Waals surface area contributed by atoms with E-state index in [0.29, 0.717) is 18.5 Å². The Morgan fingerprint density at radius 3 is 2.48 bits per heavy atom. The number of primary amides is 1. The van der Waals surface area contributed by atoms with Gasteiger partial charge in [0.25, 0.3) is 0 Å². The van der Waals surface area contributed by atoms with E-state index in [1.54, 1.807) is 31.1 Å². The lowest BCUT2D eigenvalue weighted by atomic mass is 10.0. The zero-order valence-corrected chi connectivity index (χ0v) is 13.7. The van der Waals surface area contributed by atoms with Crippen molar-refractivity contribution < 1.29 is 14.7 Å². The van der Waals surface area contributed by atoms with Crippen LogP contribution in [0.15, 0.2) is 24.3 Å². The molecule has 0 aromatic heterocycles. The van der Waals surface area contributed by atoms with Gasteiger partial charge in [-0.3, -0.25) is 9.59 Å². The maximum absolute atomic E-state index is 11.8. The van der Waals surface area contributed by atoms with Gasteiger partial charge in [-0.15, -0.1) is 0 Å². The Morgan fingerprint density at radius 2 is 1.91 bits per heavy atom. The summed E-state index contributed by atoms with van der Waals surface area (Å²) in [7, 11) is 3.47. The molecule has 1 aliphatic heterocycles. The largest absolute Gasteiger partial charge is 0.391 e. The molecule has 1 aliphatic rings. The lowest BCUT2D eigenvalue weighted by molar-refractivity contribution is -0.130. The van der Waals surface area contributed by atoms with Crippen LogP contribution in [0.1, 0.15) is 22.3 Å². The lowest BCUT2D eigenvalue weighted by Gasteiger charge is -2.17. The van der Waals surface area contributed by atoms with Crippen molar-refractivity contribution in [2.45, 2.75) is 18.9 Å². The molecule has 0 aliphatic carbocycles. The molecule has 2 amide bonds. The second kappa shape index (κ2) is 7.57. The second-order valence-electron chi connectivity index (χ2n) is 6.39. The first-order valence-electron chi connectivity index (χ1n) is 7.86. The Kier molecular flexibility index (Phi) is 5.74. The Labute approximate surface area is 136 Å². The van der Waals surface area contributed by atoms with Gasteiger partial charge in [-0.25, -0.2) is 0 Å². The summed E-state index contributed by atoms with van der Waals surface area (Å²) in [5, 5.41) is 10.1. The van der Waals surface area contributed by atoms with Crippen molar-refractivity contribution in [2.75, 3.05) is 33.7 Å². The summed E-state index contributed by atoms with van der Waals surface area (Å²) in [6, 6.07) is 7.27. The van der Waals surface area contributed by atoms with E-state index in [9.17, 15) is 14.7 Å². The van der Waals surface area contributed by atoms with Gasteiger partial charge >= 0.3 is 0 Å². The minimum atomic E-state index is -0.448. The fraction of sp³-hybridized carbons (Fsp3) is 0.529. The van der Waals surface area contributed by atoms with Gasteiger partial charge in [0.05, 0.1) is 6.10 Å². The molecule has 0 radical (unpaired) electrons. The zero-order chi connectivity index (χ0) is 17.0. The van der Waals surface area contributed by atoms with E-state index in [4.69, 9.17) is 5.73 Å². The van der Waals surface area contributed by atoms with Crippen LogP contribution in [0.5, 0.6) is 0 Å². The van der Waals surface area contributed by atoms with Crippen LogP contribution in [0.25, 0.3) is 0 Å². The number of aliphatic hydroxyl groups is 1. The van der Waals surface area contributed by atoms with Crippen LogP contribution >= 0.6 is 0 Å². The molecule has 6 heteroatoms. The van der Waals surface area contributed by atoms with E-state index < -0.39 is 12.0 Å². The van der Waals surface area contributed by atoms with Crippen molar-refractivity contribution in [3.05, 3.63) is 35.4 Å². The van der Waals surface area contributed by atoms with Crippen LogP contribution < -0.4 is 5.73 Å². The van der Waals surface area contributed by atoms with Crippen LogP contribution in [0.3, 0.4) is 0 Å². The molecule has 1 aromatic rings. The van der Waals surface area contributed by atoms with Gasteiger partial charge in [-0.05, 0) is 24.1 Å². The quantitative estimate of drug-likeness (QED) is 0.778. The molecule has 0 bridgehead atoms.